The van der Waals surface area contributed by atoms with E-state index < -0.39 is 0 Å². The molecular formula is C16H34N2. The Kier molecular flexibility index (Phi) is 7.92. The van der Waals surface area contributed by atoms with E-state index in [1.54, 1.807) is 0 Å². The van der Waals surface area contributed by atoms with E-state index >= 15 is 0 Å². The zero-order valence-electron chi connectivity index (χ0n) is 12.9. The summed E-state index contributed by atoms with van der Waals surface area (Å²) in [5, 5.41) is 3.54. The largest absolute Gasteiger partial charge is 0.314 e. The van der Waals surface area contributed by atoms with Crippen LogP contribution in [0, 0.1) is 0 Å². The van der Waals surface area contributed by atoms with Gasteiger partial charge in [-0.3, -0.25) is 4.90 Å². The molecule has 1 saturated heterocycles. The molecule has 1 aliphatic heterocycles. The van der Waals surface area contributed by atoms with Gasteiger partial charge in [-0.1, -0.05) is 52.4 Å². The molecule has 0 aromatic carbocycles. The highest BCUT2D eigenvalue weighted by Crippen LogP contribution is 2.21. The van der Waals surface area contributed by atoms with Gasteiger partial charge in [-0.25, -0.2) is 0 Å². The van der Waals surface area contributed by atoms with E-state index in [-0.39, 0.29) is 0 Å². The fourth-order valence-electron chi connectivity index (χ4n) is 2.94. The zero-order chi connectivity index (χ0) is 13.3. The quantitative estimate of drug-likeness (QED) is 0.629. The van der Waals surface area contributed by atoms with Crippen molar-refractivity contribution in [1.29, 1.82) is 0 Å². The molecule has 1 aliphatic rings. The zero-order valence-corrected chi connectivity index (χ0v) is 12.9. The first-order valence-corrected chi connectivity index (χ1v) is 8.18. The summed E-state index contributed by atoms with van der Waals surface area (Å²) < 4.78 is 0. The number of hydrogen-bond donors (Lipinski definition) is 1. The van der Waals surface area contributed by atoms with E-state index in [9.17, 15) is 0 Å². The van der Waals surface area contributed by atoms with Crippen LogP contribution in [0.3, 0.4) is 0 Å². The molecule has 0 aromatic heterocycles. The molecule has 1 N–H and O–H groups in total. The molecule has 0 radical (unpaired) electrons. The predicted octanol–water partition coefficient (Wildman–Crippen LogP) is 3.81. The maximum atomic E-state index is 3.54. The van der Waals surface area contributed by atoms with Crippen molar-refractivity contribution in [3.8, 4) is 0 Å². The van der Waals surface area contributed by atoms with Crippen LogP contribution in [-0.4, -0.2) is 36.6 Å². The summed E-state index contributed by atoms with van der Waals surface area (Å²) in [5.74, 6) is 0. The molecule has 0 saturated carbocycles. The second-order valence-corrected chi connectivity index (χ2v) is 6.14. The molecule has 1 atom stereocenters. The van der Waals surface area contributed by atoms with Crippen molar-refractivity contribution in [2.24, 2.45) is 0 Å². The third-order valence-corrected chi connectivity index (χ3v) is 4.62. The molecule has 108 valence electrons. The van der Waals surface area contributed by atoms with E-state index in [1.165, 1.54) is 77.5 Å². The minimum absolute atomic E-state index is 0.403. The number of piperazine rings is 1. The predicted molar refractivity (Wildman–Crippen MR) is 81.1 cm³/mol. The molecule has 18 heavy (non-hydrogen) atoms. The van der Waals surface area contributed by atoms with Gasteiger partial charge in [-0.05, 0) is 26.3 Å². The Bertz CT molecular complexity index is 205. The molecule has 0 amide bonds. The van der Waals surface area contributed by atoms with E-state index in [1.807, 2.05) is 0 Å². The third kappa shape index (κ3) is 5.27. The van der Waals surface area contributed by atoms with Crippen LogP contribution in [0.5, 0.6) is 0 Å². The summed E-state index contributed by atoms with van der Waals surface area (Å²) in [6.45, 7) is 11.9. The van der Waals surface area contributed by atoms with E-state index in [4.69, 9.17) is 0 Å². The van der Waals surface area contributed by atoms with Crippen molar-refractivity contribution in [2.45, 2.75) is 77.7 Å². The number of nitrogens with one attached hydrogen (secondary N) is 1. The van der Waals surface area contributed by atoms with Crippen molar-refractivity contribution in [3.05, 3.63) is 0 Å². The average Bonchev–Trinajstić information content (AvgIpc) is 2.40. The van der Waals surface area contributed by atoms with Gasteiger partial charge in [0.1, 0.15) is 0 Å². The van der Waals surface area contributed by atoms with Gasteiger partial charge in [0.2, 0.25) is 0 Å². The standard InChI is InChI=1S/C16H34N2/c1-4-6-7-8-9-10-11-13-18-14-12-17-15-16(18,3)5-2/h17H,4-15H2,1-3H3. The minimum atomic E-state index is 0.403. The summed E-state index contributed by atoms with van der Waals surface area (Å²) in [6, 6.07) is 0. The van der Waals surface area contributed by atoms with Gasteiger partial charge in [0.15, 0.2) is 0 Å². The Hall–Kier alpha value is -0.0800. The van der Waals surface area contributed by atoms with Gasteiger partial charge in [0.05, 0.1) is 0 Å². The molecule has 0 aliphatic carbocycles. The summed E-state index contributed by atoms with van der Waals surface area (Å²) in [6.07, 6.45) is 11.2. The highest BCUT2D eigenvalue weighted by molar-refractivity contribution is 4.90. The Morgan fingerprint density at radius 2 is 1.67 bits per heavy atom. The molecule has 2 nitrogen and oxygen atoms in total. The Balaban J connectivity index is 2.10. The van der Waals surface area contributed by atoms with Crippen LogP contribution in [0.25, 0.3) is 0 Å². The van der Waals surface area contributed by atoms with E-state index in [0.717, 1.165) is 0 Å². The SMILES string of the molecule is CCCCCCCCCN1CCNCC1(C)CC. The molecule has 2 heteroatoms. The lowest BCUT2D eigenvalue weighted by Crippen LogP contribution is -2.59. The highest BCUT2D eigenvalue weighted by atomic mass is 15.2. The average molecular weight is 254 g/mol. The van der Waals surface area contributed by atoms with Gasteiger partial charge < -0.3 is 5.32 Å². The van der Waals surface area contributed by atoms with Crippen molar-refractivity contribution < 1.29 is 0 Å². The molecule has 0 bridgehead atoms. The number of rotatable bonds is 9. The van der Waals surface area contributed by atoms with Crippen LogP contribution < -0.4 is 5.32 Å². The van der Waals surface area contributed by atoms with E-state index in [2.05, 4.69) is 31.0 Å². The minimum Gasteiger partial charge on any atom is -0.314 e. The van der Waals surface area contributed by atoms with Crippen LogP contribution in [0.15, 0.2) is 0 Å². The first-order valence-electron chi connectivity index (χ1n) is 8.18. The normalized spacial score (nSPS) is 25.5. The van der Waals surface area contributed by atoms with Crippen molar-refractivity contribution in [2.75, 3.05) is 26.2 Å². The summed E-state index contributed by atoms with van der Waals surface area (Å²) in [5.41, 5.74) is 0.403. The highest BCUT2D eigenvalue weighted by Gasteiger charge is 2.31. The molecule has 1 fully saturated rings. The Labute approximate surface area is 115 Å². The lowest BCUT2D eigenvalue weighted by atomic mass is 9.93. The molecule has 0 spiro atoms. The number of nitrogens with zero attached hydrogens (tertiary/aromatic N) is 1. The lowest BCUT2D eigenvalue weighted by Gasteiger charge is -2.45. The smallest absolute Gasteiger partial charge is 0.0303 e. The van der Waals surface area contributed by atoms with Crippen molar-refractivity contribution >= 4 is 0 Å². The van der Waals surface area contributed by atoms with Crippen molar-refractivity contribution in [1.82, 2.24) is 10.2 Å². The van der Waals surface area contributed by atoms with Gasteiger partial charge >= 0.3 is 0 Å². The van der Waals surface area contributed by atoms with Crippen LogP contribution in [0.2, 0.25) is 0 Å². The topological polar surface area (TPSA) is 15.3 Å². The third-order valence-electron chi connectivity index (χ3n) is 4.62. The number of unbranched alkanes of at least 4 members (excludes halogenated alkanes) is 6. The Morgan fingerprint density at radius 3 is 2.33 bits per heavy atom. The van der Waals surface area contributed by atoms with Gasteiger partial charge in [0.25, 0.3) is 0 Å². The second-order valence-electron chi connectivity index (χ2n) is 6.14. The van der Waals surface area contributed by atoms with Gasteiger partial charge in [-0.15, -0.1) is 0 Å². The monoisotopic (exact) mass is 254 g/mol. The summed E-state index contributed by atoms with van der Waals surface area (Å²) >= 11 is 0. The van der Waals surface area contributed by atoms with Crippen LogP contribution in [0.1, 0.15) is 72.1 Å². The molecular weight excluding hydrogens is 220 g/mol. The van der Waals surface area contributed by atoms with Gasteiger partial charge in [-0.2, -0.15) is 0 Å². The molecule has 1 unspecified atom stereocenters. The molecule has 1 rings (SSSR count). The second kappa shape index (κ2) is 8.92. The summed E-state index contributed by atoms with van der Waals surface area (Å²) in [4.78, 5) is 2.72. The maximum Gasteiger partial charge on any atom is 0.0303 e. The van der Waals surface area contributed by atoms with Crippen LogP contribution >= 0.6 is 0 Å². The first-order chi connectivity index (χ1) is 8.73. The first kappa shape index (κ1) is 16.0. The van der Waals surface area contributed by atoms with Crippen molar-refractivity contribution in [3.63, 3.8) is 0 Å². The van der Waals surface area contributed by atoms with Crippen LogP contribution in [-0.2, 0) is 0 Å². The Morgan fingerprint density at radius 1 is 1.00 bits per heavy atom. The fourth-order valence-corrected chi connectivity index (χ4v) is 2.94. The number of hydrogen-bond acceptors (Lipinski definition) is 2. The molecule has 1 heterocycles. The summed E-state index contributed by atoms with van der Waals surface area (Å²) in [7, 11) is 0. The maximum absolute atomic E-state index is 3.54. The van der Waals surface area contributed by atoms with E-state index in [0.29, 0.717) is 5.54 Å². The lowest BCUT2D eigenvalue weighted by molar-refractivity contribution is 0.0695. The van der Waals surface area contributed by atoms with Gasteiger partial charge in [0, 0.05) is 25.2 Å². The molecule has 0 aromatic rings. The van der Waals surface area contributed by atoms with Crippen LogP contribution in [0.4, 0.5) is 0 Å². The fraction of sp³-hybridized carbons (Fsp3) is 1.00.